The van der Waals surface area contributed by atoms with Crippen LogP contribution in [0.5, 0.6) is 0 Å². The maximum atomic E-state index is 11.2. The summed E-state index contributed by atoms with van der Waals surface area (Å²) in [5, 5.41) is 2.46. The summed E-state index contributed by atoms with van der Waals surface area (Å²) in [6.45, 7) is 4.04. The van der Waals surface area contributed by atoms with Crippen molar-refractivity contribution < 1.29 is 14.3 Å². The molecule has 0 fully saturated rings. The molecule has 0 spiro atoms. The SMILES string of the molecule is CCCOC(=O)C(C)CC(=O)NC. The molecule has 0 aromatic carbocycles. The molecule has 1 atom stereocenters. The summed E-state index contributed by atoms with van der Waals surface area (Å²) in [5.41, 5.74) is 0. The van der Waals surface area contributed by atoms with Gasteiger partial charge in [0.25, 0.3) is 0 Å². The summed E-state index contributed by atoms with van der Waals surface area (Å²) < 4.78 is 4.88. The maximum absolute atomic E-state index is 11.2. The zero-order chi connectivity index (χ0) is 10.3. The van der Waals surface area contributed by atoms with Gasteiger partial charge < -0.3 is 10.1 Å². The Kier molecular flexibility index (Phi) is 5.93. The molecule has 0 bridgehead atoms. The zero-order valence-corrected chi connectivity index (χ0v) is 8.42. The third kappa shape index (κ3) is 5.22. The van der Waals surface area contributed by atoms with Gasteiger partial charge in [0, 0.05) is 13.5 Å². The fourth-order valence-electron chi connectivity index (χ4n) is 0.808. The molecule has 0 aromatic heterocycles. The van der Waals surface area contributed by atoms with E-state index in [0.29, 0.717) is 6.61 Å². The summed E-state index contributed by atoms with van der Waals surface area (Å²) in [4.78, 5) is 22.0. The van der Waals surface area contributed by atoms with Crippen LogP contribution in [0.15, 0.2) is 0 Å². The van der Waals surface area contributed by atoms with E-state index in [1.54, 1.807) is 14.0 Å². The molecule has 1 amide bonds. The molecule has 4 nitrogen and oxygen atoms in total. The van der Waals surface area contributed by atoms with E-state index in [9.17, 15) is 9.59 Å². The normalized spacial score (nSPS) is 11.9. The van der Waals surface area contributed by atoms with Crippen LogP contribution in [0.3, 0.4) is 0 Å². The maximum Gasteiger partial charge on any atom is 0.309 e. The van der Waals surface area contributed by atoms with E-state index in [-0.39, 0.29) is 24.2 Å². The van der Waals surface area contributed by atoms with Crippen LogP contribution in [0, 0.1) is 5.92 Å². The van der Waals surface area contributed by atoms with Gasteiger partial charge in [-0.15, -0.1) is 0 Å². The molecular weight excluding hydrogens is 170 g/mol. The van der Waals surface area contributed by atoms with Crippen LogP contribution in [0.4, 0.5) is 0 Å². The fourth-order valence-corrected chi connectivity index (χ4v) is 0.808. The molecule has 0 saturated carbocycles. The highest BCUT2D eigenvalue weighted by atomic mass is 16.5. The Hall–Kier alpha value is -1.06. The van der Waals surface area contributed by atoms with Crippen LogP contribution in [0.2, 0.25) is 0 Å². The second-order valence-electron chi connectivity index (χ2n) is 2.95. The molecule has 0 aliphatic heterocycles. The Balaban J connectivity index is 3.75. The standard InChI is InChI=1S/C9H17NO3/c1-4-5-13-9(12)7(2)6-8(11)10-3/h7H,4-6H2,1-3H3,(H,10,11). The number of carbonyl (C=O) groups is 2. The minimum absolute atomic E-state index is 0.138. The van der Waals surface area contributed by atoms with Crippen molar-refractivity contribution in [2.45, 2.75) is 26.7 Å². The third-order valence-corrected chi connectivity index (χ3v) is 1.62. The predicted octanol–water partition coefficient (Wildman–Crippen LogP) is 0.712. The van der Waals surface area contributed by atoms with Crippen molar-refractivity contribution in [3.8, 4) is 0 Å². The van der Waals surface area contributed by atoms with Gasteiger partial charge in [-0.05, 0) is 6.42 Å². The first kappa shape index (κ1) is 11.9. The summed E-state index contributed by atoms with van der Waals surface area (Å²) >= 11 is 0. The molecule has 13 heavy (non-hydrogen) atoms. The minimum atomic E-state index is -0.355. The van der Waals surface area contributed by atoms with Gasteiger partial charge in [-0.2, -0.15) is 0 Å². The van der Waals surface area contributed by atoms with Crippen LogP contribution in [0.25, 0.3) is 0 Å². The number of ether oxygens (including phenoxy) is 1. The molecular formula is C9H17NO3. The molecule has 1 unspecified atom stereocenters. The van der Waals surface area contributed by atoms with E-state index in [1.165, 1.54) is 0 Å². The highest BCUT2D eigenvalue weighted by Crippen LogP contribution is 2.04. The molecule has 0 rings (SSSR count). The Morgan fingerprint density at radius 3 is 2.54 bits per heavy atom. The van der Waals surface area contributed by atoms with Crippen molar-refractivity contribution in [2.24, 2.45) is 5.92 Å². The van der Waals surface area contributed by atoms with E-state index >= 15 is 0 Å². The van der Waals surface area contributed by atoms with Crippen LogP contribution in [0.1, 0.15) is 26.7 Å². The lowest BCUT2D eigenvalue weighted by Crippen LogP contribution is -2.25. The Morgan fingerprint density at radius 1 is 1.46 bits per heavy atom. The lowest BCUT2D eigenvalue weighted by molar-refractivity contribution is -0.149. The lowest BCUT2D eigenvalue weighted by atomic mass is 10.1. The van der Waals surface area contributed by atoms with Crippen molar-refractivity contribution in [1.82, 2.24) is 5.32 Å². The zero-order valence-electron chi connectivity index (χ0n) is 8.42. The van der Waals surface area contributed by atoms with Gasteiger partial charge >= 0.3 is 5.97 Å². The van der Waals surface area contributed by atoms with E-state index in [4.69, 9.17) is 4.74 Å². The Morgan fingerprint density at radius 2 is 2.08 bits per heavy atom. The first-order valence-electron chi connectivity index (χ1n) is 4.49. The summed E-state index contributed by atoms with van der Waals surface area (Å²) in [5.74, 6) is -0.794. The number of amides is 1. The molecule has 0 aliphatic carbocycles. The van der Waals surface area contributed by atoms with Gasteiger partial charge in [0.15, 0.2) is 0 Å². The fraction of sp³-hybridized carbons (Fsp3) is 0.778. The molecule has 0 saturated heterocycles. The summed E-state index contributed by atoms with van der Waals surface area (Å²) in [7, 11) is 1.55. The van der Waals surface area contributed by atoms with Crippen molar-refractivity contribution in [1.29, 1.82) is 0 Å². The predicted molar refractivity (Wildman–Crippen MR) is 49.1 cm³/mol. The Labute approximate surface area is 78.6 Å². The van der Waals surface area contributed by atoms with Gasteiger partial charge in [0.05, 0.1) is 12.5 Å². The summed E-state index contributed by atoms with van der Waals surface area (Å²) in [6, 6.07) is 0. The summed E-state index contributed by atoms with van der Waals surface area (Å²) in [6.07, 6.45) is 0.998. The molecule has 76 valence electrons. The van der Waals surface area contributed by atoms with Gasteiger partial charge in [-0.1, -0.05) is 13.8 Å². The monoisotopic (exact) mass is 187 g/mol. The second-order valence-corrected chi connectivity index (χ2v) is 2.95. The molecule has 0 heterocycles. The van der Waals surface area contributed by atoms with Crippen LogP contribution < -0.4 is 5.32 Å². The van der Waals surface area contributed by atoms with E-state index in [0.717, 1.165) is 6.42 Å². The van der Waals surface area contributed by atoms with E-state index in [2.05, 4.69) is 5.32 Å². The molecule has 0 aromatic rings. The van der Waals surface area contributed by atoms with Crippen molar-refractivity contribution >= 4 is 11.9 Å². The van der Waals surface area contributed by atoms with E-state index < -0.39 is 0 Å². The lowest BCUT2D eigenvalue weighted by Gasteiger charge is -2.09. The van der Waals surface area contributed by atoms with Gasteiger partial charge in [-0.3, -0.25) is 9.59 Å². The topological polar surface area (TPSA) is 55.4 Å². The first-order valence-corrected chi connectivity index (χ1v) is 4.49. The number of nitrogens with one attached hydrogen (secondary N) is 1. The van der Waals surface area contributed by atoms with Gasteiger partial charge in [-0.25, -0.2) is 0 Å². The molecule has 0 aliphatic rings. The average Bonchev–Trinajstić information content (AvgIpc) is 2.13. The first-order chi connectivity index (χ1) is 6.11. The molecule has 0 radical (unpaired) electrons. The largest absolute Gasteiger partial charge is 0.465 e. The van der Waals surface area contributed by atoms with Gasteiger partial charge in [0.1, 0.15) is 0 Å². The minimum Gasteiger partial charge on any atom is -0.465 e. The molecule has 1 N–H and O–H groups in total. The van der Waals surface area contributed by atoms with Crippen molar-refractivity contribution in [2.75, 3.05) is 13.7 Å². The quantitative estimate of drug-likeness (QED) is 0.645. The molecule has 4 heteroatoms. The van der Waals surface area contributed by atoms with Gasteiger partial charge in [0.2, 0.25) is 5.91 Å². The van der Waals surface area contributed by atoms with Crippen molar-refractivity contribution in [3.63, 3.8) is 0 Å². The number of hydrogen-bond acceptors (Lipinski definition) is 3. The average molecular weight is 187 g/mol. The van der Waals surface area contributed by atoms with Crippen molar-refractivity contribution in [3.05, 3.63) is 0 Å². The highest BCUT2D eigenvalue weighted by Gasteiger charge is 2.16. The van der Waals surface area contributed by atoms with Crippen LogP contribution >= 0.6 is 0 Å². The number of hydrogen-bond donors (Lipinski definition) is 1. The third-order valence-electron chi connectivity index (χ3n) is 1.62. The number of carbonyl (C=O) groups excluding carboxylic acids is 2. The van der Waals surface area contributed by atoms with E-state index in [1.807, 2.05) is 6.92 Å². The second kappa shape index (κ2) is 6.46. The highest BCUT2D eigenvalue weighted by molar-refractivity contribution is 5.82. The Bertz CT molecular complexity index is 180. The van der Waals surface area contributed by atoms with Crippen LogP contribution in [-0.4, -0.2) is 25.5 Å². The number of rotatable bonds is 5. The number of esters is 1. The smallest absolute Gasteiger partial charge is 0.309 e. The van der Waals surface area contributed by atoms with Crippen LogP contribution in [-0.2, 0) is 14.3 Å².